The fourth-order valence-corrected chi connectivity index (χ4v) is 3.20. The number of nitrogens with one attached hydrogen (secondary N) is 1. The number of rotatable bonds is 6. The quantitative estimate of drug-likeness (QED) is 0.871. The zero-order valence-corrected chi connectivity index (χ0v) is 13.2. The average Bonchev–Trinajstić information content (AvgIpc) is 2.81. The molecule has 1 fully saturated rings. The minimum atomic E-state index is -0.943. The van der Waals surface area contributed by atoms with Crippen LogP contribution in [0, 0.1) is 5.82 Å². The summed E-state index contributed by atoms with van der Waals surface area (Å²) in [7, 11) is -0.943. The summed E-state index contributed by atoms with van der Waals surface area (Å²) in [6.45, 7) is 4.15. The van der Waals surface area contributed by atoms with Crippen molar-refractivity contribution in [3.8, 4) is 0 Å². The van der Waals surface area contributed by atoms with Crippen LogP contribution < -0.4 is 5.32 Å². The summed E-state index contributed by atoms with van der Waals surface area (Å²) in [5.41, 5.74) is 0.462. The molecule has 0 saturated carbocycles. The Morgan fingerprint density at radius 3 is 2.67 bits per heavy atom. The third kappa shape index (κ3) is 3.49. The molecule has 21 heavy (non-hydrogen) atoms. The van der Waals surface area contributed by atoms with Crippen molar-refractivity contribution in [3.63, 3.8) is 0 Å². The van der Waals surface area contributed by atoms with Crippen molar-refractivity contribution >= 4 is 16.7 Å². The summed E-state index contributed by atoms with van der Waals surface area (Å²) in [6, 6.07) is 6.16. The number of hydrogen-bond donors (Lipinski definition) is 1. The van der Waals surface area contributed by atoms with E-state index in [1.165, 1.54) is 6.07 Å². The van der Waals surface area contributed by atoms with Gasteiger partial charge in [0.1, 0.15) is 12.0 Å². The molecule has 6 heteroatoms. The molecule has 4 nitrogen and oxygen atoms in total. The van der Waals surface area contributed by atoms with E-state index in [1.54, 1.807) is 23.1 Å². The van der Waals surface area contributed by atoms with Gasteiger partial charge in [-0.2, -0.15) is 0 Å². The highest BCUT2D eigenvalue weighted by molar-refractivity contribution is 7.84. The van der Waals surface area contributed by atoms with E-state index in [9.17, 15) is 13.4 Å². The number of carbonyl (C=O) groups is 1. The fourth-order valence-electron chi connectivity index (χ4n) is 2.51. The number of nitrogens with zero attached hydrogens (tertiary/aromatic N) is 1. The molecule has 1 aromatic rings. The first-order chi connectivity index (χ1) is 10.1. The van der Waals surface area contributed by atoms with Crippen molar-refractivity contribution in [2.75, 3.05) is 18.1 Å². The summed E-state index contributed by atoms with van der Waals surface area (Å²) in [5, 5.41) is 3.18. The molecule has 2 rings (SSSR count). The smallest absolute Gasteiger partial charge is 0.241 e. The van der Waals surface area contributed by atoms with Crippen molar-refractivity contribution in [2.24, 2.45) is 0 Å². The Labute approximate surface area is 127 Å². The van der Waals surface area contributed by atoms with Crippen LogP contribution in [0.15, 0.2) is 24.3 Å². The van der Waals surface area contributed by atoms with Gasteiger partial charge in [0, 0.05) is 34.4 Å². The van der Waals surface area contributed by atoms with Gasteiger partial charge in [-0.3, -0.25) is 14.3 Å². The highest BCUT2D eigenvalue weighted by Gasteiger charge is 2.39. The van der Waals surface area contributed by atoms with Crippen LogP contribution in [0.25, 0.3) is 0 Å². The highest BCUT2D eigenvalue weighted by atomic mass is 32.2. The second-order valence-electron chi connectivity index (χ2n) is 5.02. The summed E-state index contributed by atoms with van der Waals surface area (Å²) < 4.78 is 25.6. The molecule has 1 aliphatic rings. The third-order valence-electron chi connectivity index (χ3n) is 3.74. The van der Waals surface area contributed by atoms with Crippen molar-refractivity contribution in [3.05, 3.63) is 35.6 Å². The Balaban J connectivity index is 2.22. The van der Waals surface area contributed by atoms with Crippen molar-refractivity contribution in [1.82, 2.24) is 10.2 Å². The van der Waals surface area contributed by atoms with Gasteiger partial charge in [0.25, 0.3) is 0 Å². The Morgan fingerprint density at radius 1 is 1.33 bits per heavy atom. The maximum atomic E-state index is 14.0. The van der Waals surface area contributed by atoms with Crippen LogP contribution in [0.3, 0.4) is 0 Å². The summed E-state index contributed by atoms with van der Waals surface area (Å²) in [4.78, 5) is 14.0. The molecule has 0 aromatic heterocycles. The predicted molar refractivity (Wildman–Crippen MR) is 81.6 cm³/mol. The Hall–Kier alpha value is -1.27. The number of carbonyl (C=O) groups excluding carboxylic acids is 1. The number of benzene rings is 1. The van der Waals surface area contributed by atoms with E-state index in [1.807, 2.05) is 13.8 Å². The normalized spacial score (nSPS) is 23.6. The van der Waals surface area contributed by atoms with E-state index in [-0.39, 0.29) is 17.8 Å². The van der Waals surface area contributed by atoms with Crippen LogP contribution in [0.1, 0.15) is 32.0 Å². The SMILES string of the molecule is CCC1NC(c2ccccc2F)N(CCS(=O)CC)C1=O. The van der Waals surface area contributed by atoms with Crippen molar-refractivity contribution in [2.45, 2.75) is 32.5 Å². The topological polar surface area (TPSA) is 49.4 Å². The minimum Gasteiger partial charge on any atom is -0.321 e. The van der Waals surface area contributed by atoms with Gasteiger partial charge in [0.15, 0.2) is 0 Å². The summed E-state index contributed by atoms with van der Waals surface area (Å²) in [5.74, 6) is 0.613. The third-order valence-corrected chi connectivity index (χ3v) is 5.02. The highest BCUT2D eigenvalue weighted by Crippen LogP contribution is 2.27. The molecule has 0 aliphatic carbocycles. The molecule has 0 spiro atoms. The van der Waals surface area contributed by atoms with E-state index in [0.717, 1.165) is 0 Å². The zero-order valence-electron chi connectivity index (χ0n) is 12.3. The summed E-state index contributed by atoms with van der Waals surface area (Å²) in [6.07, 6.45) is 0.175. The standard InChI is InChI=1S/C15H21FN2O2S/c1-3-13-15(19)18(9-10-21(20)4-2)14(17-13)11-7-5-6-8-12(11)16/h5-8,13-14,17H,3-4,9-10H2,1-2H3. The van der Waals surface area contributed by atoms with Crippen molar-refractivity contribution in [1.29, 1.82) is 0 Å². The van der Waals surface area contributed by atoms with E-state index in [0.29, 0.717) is 30.0 Å². The Bertz CT molecular complexity index is 538. The first-order valence-electron chi connectivity index (χ1n) is 7.24. The molecule has 0 radical (unpaired) electrons. The molecule has 1 amide bonds. The number of halogens is 1. The predicted octanol–water partition coefficient (Wildman–Crippen LogP) is 1.80. The molecule has 1 heterocycles. The molecule has 0 bridgehead atoms. The molecule has 1 aromatic carbocycles. The zero-order chi connectivity index (χ0) is 15.4. The molecular weight excluding hydrogens is 291 g/mol. The second-order valence-corrected chi connectivity index (χ2v) is 6.88. The van der Waals surface area contributed by atoms with Gasteiger partial charge in [-0.25, -0.2) is 4.39 Å². The van der Waals surface area contributed by atoms with Gasteiger partial charge in [0.2, 0.25) is 5.91 Å². The maximum absolute atomic E-state index is 14.0. The van der Waals surface area contributed by atoms with E-state index in [2.05, 4.69) is 5.32 Å². The van der Waals surface area contributed by atoms with E-state index >= 15 is 0 Å². The van der Waals surface area contributed by atoms with Crippen LogP contribution in [0.4, 0.5) is 4.39 Å². The molecular formula is C15H21FN2O2S. The van der Waals surface area contributed by atoms with Gasteiger partial charge in [0.05, 0.1) is 6.04 Å². The van der Waals surface area contributed by atoms with E-state index < -0.39 is 17.0 Å². The molecule has 1 N–H and O–H groups in total. The molecule has 116 valence electrons. The molecule has 1 saturated heterocycles. The minimum absolute atomic E-state index is 0.0427. The van der Waals surface area contributed by atoms with Crippen LogP contribution in [0.2, 0.25) is 0 Å². The monoisotopic (exact) mass is 312 g/mol. The maximum Gasteiger partial charge on any atom is 0.241 e. The van der Waals surface area contributed by atoms with Crippen LogP contribution in [0.5, 0.6) is 0 Å². The fraction of sp³-hybridized carbons (Fsp3) is 0.533. The lowest BCUT2D eigenvalue weighted by Crippen LogP contribution is -2.34. The van der Waals surface area contributed by atoms with Gasteiger partial charge >= 0.3 is 0 Å². The van der Waals surface area contributed by atoms with Gasteiger partial charge < -0.3 is 4.90 Å². The van der Waals surface area contributed by atoms with Crippen LogP contribution >= 0.6 is 0 Å². The first-order valence-corrected chi connectivity index (χ1v) is 8.73. The number of amides is 1. The van der Waals surface area contributed by atoms with Crippen LogP contribution in [-0.2, 0) is 15.6 Å². The summed E-state index contributed by atoms with van der Waals surface area (Å²) >= 11 is 0. The van der Waals surface area contributed by atoms with Crippen LogP contribution in [-0.4, -0.2) is 39.1 Å². The average molecular weight is 312 g/mol. The Morgan fingerprint density at radius 2 is 2.05 bits per heavy atom. The molecule has 3 unspecified atom stereocenters. The number of hydrogen-bond acceptors (Lipinski definition) is 3. The largest absolute Gasteiger partial charge is 0.321 e. The molecule has 1 aliphatic heterocycles. The van der Waals surface area contributed by atoms with Gasteiger partial charge in [-0.05, 0) is 12.5 Å². The molecule has 3 atom stereocenters. The second kappa shape index (κ2) is 7.13. The first kappa shape index (κ1) is 16.1. The lowest BCUT2D eigenvalue weighted by Gasteiger charge is -2.24. The van der Waals surface area contributed by atoms with Crippen molar-refractivity contribution < 1.29 is 13.4 Å². The lowest BCUT2D eigenvalue weighted by molar-refractivity contribution is -0.129. The van der Waals surface area contributed by atoms with E-state index in [4.69, 9.17) is 0 Å². The lowest BCUT2D eigenvalue weighted by atomic mass is 10.1. The van der Waals surface area contributed by atoms with Gasteiger partial charge in [-0.1, -0.05) is 32.0 Å². The Kier molecular flexibility index (Phi) is 5.47. The van der Waals surface area contributed by atoms with Gasteiger partial charge in [-0.15, -0.1) is 0 Å².